The smallest absolute Gasteiger partial charge is 0.328 e. The van der Waals surface area contributed by atoms with Crippen LogP contribution in [-0.2, 0) is 0 Å². The van der Waals surface area contributed by atoms with Gasteiger partial charge < -0.3 is 4.90 Å². The number of nitriles is 1. The molecule has 19 heavy (non-hydrogen) atoms. The summed E-state index contributed by atoms with van der Waals surface area (Å²) in [7, 11) is 0. The molecule has 0 aromatic heterocycles. The van der Waals surface area contributed by atoms with Crippen LogP contribution in [-0.4, -0.2) is 36.0 Å². The number of rotatable bonds is 4. The third-order valence-corrected chi connectivity index (χ3v) is 2.44. The van der Waals surface area contributed by atoms with Gasteiger partial charge in [-0.1, -0.05) is 0 Å². The maximum absolute atomic E-state index is 12.3. The lowest BCUT2D eigenvalue weighted by molar-refractivity contribution is -0.140. The molecule has 1 aromatic rings. The lowest BCUT2D eigenvalue weighted by atomic mass is 10.1. The Morgan fingerprint density at radius 2 is 1.89 bits per heavy atom. The molecular weight excluding hydrogens is 281 g/mol. The highest BCUT2D eigenvalue weighted by Gasteiger charge is 2.33. The number of carbonyl (C=O) groups excluding carboxylic acids is 1. The number of amides is 1. The summed E-state index contributed by atoms with van der Waals surface area (Å²) in [5.74, 6) is -0.847. The fourth-order valence-electron chi connectivity index (χ4n) is 1.44. The molecule has 1 amide bonds. The SMILES string of the molecule is N#Cc1ccc(C(=O)N(CCCl)CC(F)(F)F)cc1. The molecule has 0 atom stereocenters. The molecule has 0 N–H and O–H groups in total. The minimum absolute atomic E-state index is 0.0852. The average molecular weight is 291 g/mol. The summed E-state index contributed by atoms with van der Waals surface area (Å²) < 4.78 is 37.0. The first-order valence-corrected chi connectivity index (χ1v) is 5.83. The largest absolute Gasteiger partial charge is 0.406 e. The Balaban J connectivity index is 2.89. The maximum Gasteiger partial charge on any atom is 0.406 e. The number of benzene rings is 1. The Labute approximate surface area is 113 Å². The van der Waals surface area contributed by atoms with Crippen LogP contribution < -0.4 is 0 Å². The predicted molar refractivity (Wildman–Crippen MR) is 63.8 cm³/mol. The Kier molecular flexibility index (Phi) is 5.19. The monoisotopic (exact) mass is 290 g/mol. The fraction of sp³-hybridized carbons (Fsp3) is 0.333. The van der Waals surface area contributed by atoms with Gasteiger partial charge >= 0.3 is 6.18 Å². The van der Waals surface area contributed by atoms with Gasteiger partial charge in [-0.3, -0.25) is 4.79 Å². The van der Waals surface area contributed by atoms with Crippen LogP contribution in [0.25, 0.3) is 0 Å². The van der Waals surface area contributed by atoms with Gasteiger partial charge in [0.2, 0.25) is 0 Å². The van der Waals surface area contributed by atoms with E-state index in [0.717, 1.165) is 0 Å². The third-order valence-electron chi connectivity index (χ3n) is 2.27. The van der Waals surface area contributed by atoms with E-state index in [4.69, 9.17) is 16.9 Å². The molecule has 7 heteroatoms. The molecule has 0 spiro atoms. The van der Waals surface area contributed by atoms with E-state index >= 15 is 0 Å². The molecule has 0 radical (unpaired) electrons. The van der Waals surface area contributed by atoms with Gasteiger partial charge in [0.25, 0.3) is 5.91 Å². The molecule has 0 aliphatic rings. The van der Waals surface area contributed by atoms with Crippen molar-refractivity contribution in [1.29, 1.82) is 5.26 Å². The molecule has 0 aliphatic heterocycles. The van der Waals surface area contributed by atoms with Crippen LogP contribution in [0.2, 0.25) is 0 Å². The van der Waals surface area contributed by atoms with Crippen LogP contribution in [0.4, 0.5) is 13.2 Å². The normalized spacial score (nSPS) is 10.9. The topological polar surface area (TPSA) is 44.1 Å². The molecule has 1 rings (SSSR count). The molecule has 0 fully saturated rings. The highest BCUT2D eigenvalue weighted by molar-refractivity contribution is 6.18. The lowest BCUT2D eigenvalue weighted by Crippen LogP contribution is -2.40. The first kappa shape index (κ1) is 15.3. The molecule has 0 saturated carbocycles. The predicted octanol–water partition coefficient (Wildman–Crippen LogP) is 2.80. The summed E-state index contributed by atoms with van der Waals surface area (Å²) in [5.41, 5.74) is 0.421. The summed E-state index contributed by atoms with van der Waals surface area (Å²) in [6, 6.07) is 7.25. The van der Waals surface area contributed by atoms with Crippen LogP contribution >= 0.6 is 11.6 Å². The number of hydrogen-bond acceptors (Lipinski definition) is 2. The van der Waals surface area contributed by atoms with Crippen molar-refractivity contribution in [3.63, 3.8) is 0 Å². The van der Waals surface area contributed by atoms with Gasteiger partial charge in [0.1, 0.15) is 6.54 Å². The highest BCUT2D eigenvalue weighted by atomic mass is 35.5. The number of alkyl halides is 4. The van der Waals surface area contributed by atoms with Gasteiger partial charge in [-0.05, 0) is 24.3 Å². The van der Waals surface area contributed by atoms with Crippen molar-refractivity contribution in [1.82, 2.24) is 4.90 Å². The van der Waals surface area contributed by atoms with Gasteiger partial charge in [0.15, 0.2) is 0 Å². The first-order chi connectivity index (χ1) is 8.87. The van der Waals surface area contributed by atoms with E-state index in [1.54, 1.807) is 0 Å². The zero-order chi connectivity index (χ0) is 14.5. The number of hydrogen-bond donors (Lipinski definition) is 0. The standard InChI is InChI=1S/C12H10ClF3N2O/c13-5-6-18(8-12(14,15)16)11(19)10-3-1-9(7-17)2-4-10/h1-4H,5-6,8H2. The van der Waals surface area contributed by atoms with Gasteiger partial charge in [-0.25, -0.2) is 0 Å². The summed E-state index contributed by atoms with van der Waals surface area (Å²) in [6.07, 6.45) is -4.48. The van der Waals surface area contributed by atoms with E-state index < -0.39 is 18.6 Å². The zero-order valence-electron chi connectivity index (χ0n) is 9.75. The number of halogens is 4. The Bertz CT molecular complexity index is 479. The zero-order valence-corrected chi connectivity index (χ0v) is 10.5. The van der Waals surface area contributed by atoms with Crippen molar-refractivity contribution < 1.29 is 18.0 Å². The van der Waals surface area contributed by atoms with Crippen LogP contribution in [0.3, 0.4) is 0 Å². The van der Waals surface area contributed by atoms with Crippen molar-refractivity contribution >= 4 is 17.5 Å². The summed E-state index contributed by atoms with van der Waals surface area (Å²) in [6.45, 7) is -1.54. The maximum atomic E-state index is 12.3. The molecule has 3 nitrogen and oxygen atoms in total. The van der Waals surface area contributed by atoms with Crippen LogP contribution in [0, 0.1) is 11.3 Å². The van der Waals surface area contributed by atoms with Crippen molar-refractivity contribution in [2.75, 3.05) is 19.0 Å². The molecule has 0 saturated heterocycles. The molecular formula is C12H10ClF3N2O. The minimum Gasteiger partial charge on any atom is -0.328 e. The molecule has 0 aliphatic carbocycles. The second kappa shape index (κ2) is 6.43. The quantitative estimate of drug-likeness (QED) is 0.800. The molecule has 0 bridgehead atoms. The first-order valence-electron chi connectivity index (χ1n) is 5.29. The van der Waals surface area contributed by atoms with E-state index in [1.165, 1.54) is 24.3 Å². The van der Waals surface area contributed by atoms with Crippen LogP contribution in [0.1, 0.15) is 15.9 Å². The molecule has 102 valence electrons. The van der Waals surface area contributed by atoms with Crippen molar-refractivity contribution in [2.45, 2.75) is 6.18 Å². The second-order valence-electron chi connectivity index (χ2n) is 3.72. The van der Waals surface area contributed by atoms with Crippen molar-refractivity contribution in [3.8, 4) is 6.07 Å². The molecule has 1 aromatic carbocycles. The summed E-state index contributed by atoms with van der Waals surface area (Å²) >= 11 is 5.40. The Hall–Kier alpha value is -1.74. The van der Waals surface area contributed by atoms with Crippen LogP contribution in [0.5, 0.6) is 0 Å². The molecule has 0 heterocycles. The van der Waals surface area contributed by atoms with E-state index in [0.29, 0.717) is 10.5 Å². The van der Waals surface area contributed by atoms with Gasteiger partial charge in [-0.2, -0.15) is 18.4 Å². The summed E-state index contributed by atoms with van der Waals surface area (Å²) in [4.78, 5) is 12.5. The minimum atomic E-state index is -4.48. The van der Waals surface area contributed by atoms with Gasteiger partial charge in [-0.15, -0.1) is 11.6 Å². The number of nitrogens with zero attached hydrogens (tertiary/aromatic N) is 2. The number of carbonyl (C=O) groups is 1. The second-order valence-corrected chi connectivity index (χ2v) is 4.10. The van der Waals surface area contributed by atoms with Crippen LogP contribution in [0.15, 0.2) is 24.3 Å². The molecule has 0 unspecified atom stereocenters. The average Bonchev–Trinajstić information content (AvgIpc) is 2.36. The van der Waals surface area contributed by atoms with E-state index in [2.05, 4.69) is 0 Å². The van der Waals surface area contributed by atoms with E-state index in [-0.39, 0.29) is 18.0 Å². The van der Waals surface area contributed by atoms with Gasteiger partial charge in [0, 0.05) is 18.0 Å². The highest BCUT2D eigenvalue weighted by Crippen LogP contribution is 2.18. The summed E-state index contributed by atoms with van der Waals surface area (Å²) in [5, 5.41) is 8.60. The van der Waals surface area contributed by atoms with E-state index in [9.17, 15) is 18.0 Å². The van der Waals surface area contributed by atoms with Gasteiger partial charge in [0.05, 0.1) is 11.6 Å². The van der Waals surface area contributed by atoms with Crippen molar-refractivity contribution in [3.05, 3.63) is 35.4 Å². The Morgan fingerprint density at radius 3 is 2.32 bits per heavy atom. The third kappa shape index (κ3) is 4.79. The Morgan fingerprint density at radius 1 is 1.32 bits per heavy atom. The fourth-order valence-corrected chi connectivity index (χ4v) is 1.64. The lowest BCUT2D eigenvalue weighted by Gasteiger charge is -2.23. The van der Waals surface area contributed by atoms with Crippen molar-refractivity contribution in [2.24, 2.45) is 0 Å². The van der Waals surface area contributed by atoms with E-state index in [1.807, 2.05) is 6.07 Å².